The van der Waals surface area contributed by atoms with Gasteiger partial charge in [-0.25, -0.2) is 0 Å². The summed E-state index contributed by atoms with van der Waals surface area (Å²) < 4.78 is 0. The van der Waals surface area contributed by atoms with Crippen molar-refractivity contribution in [2.24, 2.45) is 0 Å². The summed E-state index contributed by atoms with van der Waals surface area (Å²) in [6, 6.07) is 0. The average molecular weight is 261 g/mol. The first-order chi connectivity index (χ1) is 5.54. The van der Waals surface area contributed by atoms with E-state index in [1.54, 1.807) is 0 Å². The van der Waals surface area contributed by atoms with E-state index in [2.05, 4.69) is 0 Å². The highest BCUT2D eigenvalue weighted by Crippen LogP contribution is 2.02. The highest BCUT2D eigenvalue weighted by Gasteiger charge is 2.29. The molecule has 0 saturated heterocycles. The number of hydrogen-bond acceptors (Lipinski definition) is 6. The second kappa shape index (κ2) is 7.36. The van der Waals surface area contributed by atoms with Crippen LogP contribution in [-0.4, -0.2) is 62.8 Å². The number of aldehydes is 1. The molecule has 5 N–H and O–H groups in total. The van der Waals surface area contributed by atoms with Crippen LogP contribution < -0.4 is 0 Å². The Kier molecular flexibility index (Phi) is 8.74. The van der Waals surface area contributed by atoms with Gasteiger partial charge in [0.25, 0.3) is 0 Å². The number of aliphatic hydroxyl groups is 5. The Morgan fingerprint density at radius 3 is 1.85 bits per heavy atom. The van der Waals surface area contributed by atoms with Gasteiger partial charge in [-0.15, -0.1) is 17.0 Å². The highest BCUT2D eigenvalue weighted by molar-refractivity contribution is 8.93. The fourth-order valence-corrected chi connectivity index (χ4v) is 0.618. The molecule has 0 fully saturated rings. The SMILES string of the molecule is Br.O=C[C@H](O)[C@H](O)[C@@H](O)[C@@H](O)CO. The summed E-state index contributed by atoms with van der Waals surface area (Å²) >= 11 is 0. The molecule has 0 aliphatic carbocycles. The molecule has 0 radical (unpaired) electrons. The molecule has 0 aromatic heterocycles. The smallest absolute Gasteiger partial charge is 0.151 e. The van der Waals surface area contributed by atoms with Crippen LogP contribution in [0.15, 0.2) is 0 Å². The molecule has 0 saturated carbocycles. The highest BCUT2D eigenvalue weighted by atomic mass is 79.9. The molecule has 0 amide bonds. The molecule has 7 heteroatoms. The van der Waals surface area contributed by atoms with E-state index in [0.29, 0.717) is 0 Å². The van der Waals surface area contributed by atoms with E-state index in [-0.39, 0.29) is 23.3 Å². The molecule has 0 unspecified atom stereocenters. The van der Waals surface area contributed by atoms with E-state index in [0.717, 1.165) is 0 Å². The maximum absolute atomic E-state index is 9.90. The summed E-state index contributed by atoms with van der Waals surface area (Å²) in [6.07, 6.45) is -6.84. The van der Waals surface area contributed by atoms with Gasteiger partial charge in [-0.3, -0.25) is 0 Å². The van der Waals surface area contributed by atoms with Gasteiger partial charge in [0, 0.05) is 0 Å². The van der Waals surface area contributed by atoms with E-state index < -0.39 is 31.0 Å². The Morgan fingerprint density at radius 1 is 1.08 bits per heavy atom. The standard InChI is InChI=1S/C6H12O6.BrH/c7-1-3(9)5(11)6(12)4(10)2-8;/h1,3-6,8-12H,2H2;1H/t3-,4-,5-,6-;/m0./s1. The lowest BCUT2D eigenvalue weighted by Crippen LogP contribution is -2.46. The summed E-state index contributed by atoms with van der Waals surface area (Å²) in [5, 5.41) is 43.5. The lowest BCUT2D eigenvalue weighted by Gasteiger charge is -2.22. The van der Waals surface area contributed by atoms with E-state index in [1.807, 2.05) is 0 Å². The zero-order valence-electron chi connectivity index (χ0n) is 6.65. The van der Waals surface area contributed by atoms with Crippen LogP contribution in [0.5, 0.6) is 0 Å². The molecule has 0 aromatic rings. The molecular weight excluding hydrogens is 248 g/mol. The minimum atomic E-state index is -1.79. The van der Waals surface area contributed by atoms with Crippen LogP contribution in [0.3, 0.4) is 0 Å². The maximum atomic E-state index is 9.90. The molecule has 0 aromatic carbocycles. The molecule has 6 nitrogen and oxygen atoms in total. The van der Waals surface area contributed by atoms with Gasteiger partial charge in [0.2, 0.25) is 0 Å². The first-order valence-corrected chi connectivity index (χ1v) is 3.33. The van der Waals surface area contributed by atoms with Crippen molar-refractivity contribution < 1.29 is 30.3 Å². The summed E-state index contributed by atoms with van der Waals surface area (Å²) in [5.41, 5.74) is 0. The molecule has 4 atom stereocenters. The molecule has 0 heterocycles. The number of hydrogen-bond donors (Lipinski definition) is 5. The van der Waals surface area contributed by atoms with Crippen molar-refractivity contribution in [3.63, 3.8) is 0 Å². The predicted molar refractivity (Wildman–Crippen MR) is 47.5 cm³/mol. The van der Waals surface area contributed by atoms with Crippen LogP contribution in [0.4, 0.5) is 0 Å². The van der Waals surface area contributed by atoms with Gasteiger partial charge in [0.1, 0.15) is 24.4 Å². The lowest BCUT2D eigenvalue weighted by molar-refractivity contribution is -0.136. The van der Waals surface area contributed by atoms with Crippen LogP contribution >= 0.6 is 17.0 Å². The molecule has 0 rings (SSSR count). The topological polar surface area (TPSA) is 118 Å². The van der Waals surface area contributed by atoms with E-state index in [9.17, 15) is 4.79 Å². The molecule has 0 spiro atoms. The summed E-state index contributed by atoms with van der Waals surface area (Å²) in [7, 11) is 0. The fourth-order valence-electron chi connectivity index (χ4n) is 0.618. The van der Waals surface area contributed by atoms with Crippen LogP contribution in [0, 0.1) is 0 Å². The van der Waals surface area contributed by atoms with Gasteiger partial charge in [0.05, 0.1) is 6.61 Å². The molecule has 80 valence electrons. The third-order valence-corrected chi connectivity index (χ3v) is 1.42. The van der Waals surface area contributed by atoms with Gasteiger partial charge in [-0.1, -0.05) is 0 Å². The van der Waals surface area contributed by atoms with Crippen molar-refractivity contribution in [2.45, 2.75) is 24.4 Å². The summed E-state index contributed by atoms with van der Waals surface area (Å²) in [6.45, 7) is -0.760. The number of carbonyl (C=O) groups excluding carboxylic acids is 1. The third-order valence-electron chi connectivity index (χ3n) is 1.42. The molecule has 0 bridgehead atoms. The van der Waals surface area contributed by atoms with Crippen molar-refractivity contribution in [1.29, 1.82) is 0 Å². The van der Waals surface area contributed by atoms with Crippen LogP contribution in [-0.2, 0) is 4.79 Å². The molecule has 0 aliphatic heterocycles. The van der Waals surface area contributed by atoms with Gasteiger partial charge in [-0.05, 0) is 0 Å². The normalized spacial score (nSPS) is 19.5. The van der Waals surface area contributed by atoms with Crippen molar-refractivity contribution >= 4 is 23.3 Å². The first kappa shape index (κ1) is 15.4. The van der Waals surface area contributed by atoms with Crippen LogP contribution in [0.25, 0.3) is 0 Å². The summed E-state index contributed by atoms with van der Waals surface area (Å²) in [4.78, 5) is 9.90. The Labute approximate surface area is 85.2 Å². The molecule has 13 heavy (non-hydrogen) atoms. The molecule has 0 aliphatic rings. The van der Waals surface area contributed by atoms with Crippen molar-refractivity contribution in [3.05, 3.63) is 0 Å². The predicted octanol–water partition coefficient (Wildman–Crippen LogP) is -2.80. The monoisotopic (exact) mass is 260 g/mol. The van der Waals surface area contributed by atoms with Gasteiger partial charge in [-0.2, -0.15) is 0 Å². The number of rotatable bonds is 5. The zero-order chi connectivity index (χ0) is 9.72. The third kappa shape index (κ3) is 4.65. The molecular formula is C6H13BrO6. The summed E-state index contributed by atoms with van der Waals surface area (Å²) in [5.74, 6) is 0. The fraction of sp³-hybridized carbons (Fsp3) is 0.833. The van der Waals surface area contributed by atoms with Crippen molar-refractivity contribution in [1.82, 2.24) is 0 Å². The number of aliphatic hydroxyl groups excluding tert-OH is 5. The maximum Gasteiger partial charge on any atom is 0.151 e. The lowest BCUT2D eigenvalue weighted by atomic mass is 10.0. The van der Waals surface area contributed by atoms with Crippen molar-refractivity contribution in [3.8, 4) is 0 Å². The quantitative estimate of drug-likeness (QED) is 0.341. The first-order valence-electron chi connectivity index (χ1n) is 3.33. The minimum Gasteiger partial charge on any atom is -0.394 e. The Hall–Kier alpha value is -0.0500. The van der Waals surface area contributed by atoms with Gasteiger partial charge in [0.15, 0.2) is 6.29 Å². The van der Waals surface area contributed by atoms with E-state index in [4.69, 9.17) is 25.5 Å². The Bertz CT molecular complexity index is 143. The van der Waals surface area contributed by atoms with E-state index in [1.165, 1.54) is 0 Å². The number of halogens is 1. The van der Waals surface area contributed by atoms with Crippen molar-refractivity contribution in [2.75, 3.05) is 6.61 Å². The number of carbonyl (C=O) groups is 1. The largest absolute Gasteiger partial charge is 0.394 e. The Morgan fingerprint density at radius 2 is 1.54 bits per heavy atom. The van der Waals surface area contributed by atoms with Crippen LogP contribution in [0.1, 0.15) is 0 Å². The van der Waals surface area contributed by atoms with E-state index >= 15 is 0 Å². The Balaban J connectivity index is 0. The van der Waals surface area contributed by atoms with Gasteiger partial charge < -0.3 is 30.3 Å². The second-order valence-corrected chi connectivity index (χ2v) is 2.36. The second-order valence-electron chi connectivity index (χ2n) is 2.36. The van der Waals surface area contributed by atoms with Crippen LogP contribution in [0.2, 0.25) is 0 Å². The average Bonchev–Trinajstić information content (AvgIpc) is 2.12. The van der Waals surface area contributed by atoms with Gasteiger partial charge >= 0.3 is 0 Å². The minimum absolute atomic E-state index is 0. The zero-order valence-corrected chi connectivity index (χ0v) is 8.36.